The first kappa shape index (κ1) is 12.0. The van der Waals surface area contributed by atoms with Crippen molar-refractivity contribution in [3.05, 3.63) is 0 Å². The molecule has 0 atom stereocenters. The summed E-state index contributed by atoms with van der Waals surface area (Å²) in [5.41, 5.74) is -0.501. The zero-order valence-electron chi connectivity index (χ0n) is 10.4. The molecule has 0 spiro atoms. The lowest BCUT2D eigenvalue weighted by Crippen LogP contribution is -2.41. The molecule has 0 heterocycles. The van der Waals surface area contributed by atoms with Crippen molar-refractivity contribution in [3.63, 3.8) is 0 Å². The Morgan fingerprint density at radius 3 is 1.50 bits per heavy atom. The molecule has 1 rings (SSSR count). The zero-order chi connectivity index (χ0) is 11.0. The van der Waals surface area contributed by atoms with Gasteiger partial charge in [-0.25, -0.2) is 4.39 Å². The monoisotopic (exact) mass is 200 g/mol. The summed E-state index contributed by atoms with van der Waals surface area (Å²) in [5, 5.41) is 0. The molecule has 0 aromatic carbocycles. The fourth-order valence-electron chi connectivity index (χ4n) is 3.06. The third kappa shape index (κ3) is 2.12. The van der Waals surface area contributed by atoms with Gasteiger partial charge in [0.1, 0.15) is 5.67 Å². The van der Waals surface area contributed by atoms with Gasteiger partial charge < -0.3 is 0 Å². The van der Waals surface area contributed by atoms with Gasteiger partial charge in [-0.1, -0.05) is 27.7 Å². The van der Waals surface area contributed by atoms with E-state index < -0.39 is 5.67 Å². The van der Waals surface area contributed by atoms with Crippen LogP contribution in [0.25, 0.3) is 0 Å². The van der Waals surface area contributed by atoms with Gasteiger partial charge in [0, 0.05) is 0 Å². The summed E-state index contributed by atoms with van der Waals surface area (Å²) in [7, 11) is 0. The van der Waals surface area contributed by atoms with Gasteiger partial charge in [-0.15, -0.1) is 0 Å². The number of halogens is 1. The van der Waals surface area contributed by atoms with Crippen LogP contribution in [0.1, 0.15) is 60.3 Å². The molecule has 0 unspecified atom stereocenters. The van der Waals surface area contributed by atoms with E-state index in [1.54, 1.807) is 6.92 Å². The van der Waals surface area contributed by atoms with Crippen molar-refractivity contribution in [1.82, 2.24) is 0 Å². The molecule has 0 amide bonds. The number of hydrogen-bond acceptors (Lipinski definition) is 0. The molecule has 0 aromatic heterocycles. The van der Waals surface area contributed by atoms with Crippen LogP contribution in [0, 0.1) is 17.3 Å². The standard InChI is InChI=1S/C13H25F/c1-10(2)13(11(3)4)8-6-12(5,14)7-9-13/h10-11H,6-9H2,1-5H3. The Morgan fingerprint density at radius 1 is 0.857 bits per heavy atom. The second-order valence-corrected chi connectivity index (χ2v) is 5.96. The number of alkyl halides is 1. The molecule has 0 bridgehead atoms. The van der Waals surface area contributed by atoms with E-state index in [2.05, 4.69) is 27.7 Å². The maximum Gasteiger partial charge on any atom is 0.108 e. The highest BCUT2D eigenvalue weighted by molar-refractivity contribution is 4.94. The predicted molar refractivity (Wildman–Crippen MR) is 60.1 cm³/mol. The lowest BCUT2D eigenvalue weighted by atomic mass is 9.59. The molecule has 14 heavy (non-hydrogen) atoms. The quantitative estimate of drug-likeness (QED) is 0.611. The maximum absolute atomic E-state index is 13.7. The summed E-state index contributed by atoms with van der Waals surface area (Å²) in [4.78, 5) is 0. The topological polar surface area (TPSA) is 0 Å². The van der Waals surface area contributed by atoms with Gasteiger partial charge in [-0.05, 0) is 49.9 Å². The first-order valence-corrected chi connectivity index (χ1v) is 5.99. The van der Waals surface area contributed by atoms with Crippen LogP contribution in [0.2, 0.25) is 0 Å². The Labute approximate surface area is 88.3 Å². The van der Waals surface area contributed by atoms with E-state index in [1.165, 1.54) is 0 Å². The second-order valence-electron chi connectivity index (χ2n) is 5.96. The van der Waals surface area contributed by atoms with Gasteiger partial charge in [0.05, 0.1) is 0 Å². The summed E-state index contributed by atoms with van der Waals surface area (Å²) in [5.74, 6) is 1.36. The van der Waals surface area contributed by atoms with E-state index in [0.717, 1.165) is 25.7 Å². The van der Waals surface area contributed by atoms with Crippen molar-refractivity contribution in [2.45, 2.75) is 66.0 Å². The molecule has 0 radical (unpaired) electrons. The summed E-state index contributed by atoms with van der Waals surface area (Å²) >= 11 is 0. The normalized spacial score (nSPS) is 25.7. The minimum Gasteiger partial charge on any atom is -0.244 e. The summed E-state index contributed by atoms with van der Waals surface area (Å²) in [6.07, 6.45) is 3.64. The van der Waals surface area contributed by atoms with Crippen molar-refractivity contribution in [2.75, 3.05) is 0 Å². The van der Waals surface area contributed by atoms with Gasteiger partial charge in [-0.3, -0.25) is 0 Å². The molecule has 0 aromatic rings. The molecule has 0 N–H and O–H groups in total. The average molecular weight is 200 g/mol. The Morgan fingerprint density at radius 2 is 1.21 bits per heavy atom. The maximum atomic E-state index is 13.7. The van der Waals surface area contributed by atoms with Crippen molar-refractivity contribution >= 4 is 0 Å². The summed E-state index contributed by atoms with van der Waals surface area (Å²) < 4.78 is 13.7. The highest BCUT2D eigenvalue weighted by Crippen LogP contribution is 2.51. The lowest BCUT2D eigenvalue weighted by Gasteiger charge is -2.47. The summed E-state index contributed by atoms with van der Waals surface area (Å²) in [6, 6.07) is 0. The highest BCUT2D eigenvalue weighted by atomic mass is 19.1. The fraction of sp³-hybridized carbons (Fsp3) is 1.00. The van der Waals surface area contributed by atoms with Gasteiger partial charge in [0.15, 0.2) is 0 Å². The van der Waals surface area contributed by atoms with Crippen LogP contribution in [0.3, 0.4) is 0 Å². The van der Waals surface area contributed by atoms with E-state index >= 15 is 0 Å². The number of hydrogen-bond donors (Lipinski definition) is 0. The predicted octanol–water partition coefficient (Wildman–Crippen LogP) is 4.59. The Balaban J connectivity index is 2.75. The summed E-state index contributed by atoms with van der Waals surface area (Å²) in [6.45, 7) is 10.9. The molecule has 1 heteroatoms. The Hall–Kier alpha value is -0.0700. The molecule has 0 saturated heterocycles. The average Bonchev–Trinajstić information content (AvgIpc) is 2.03. The molecule has 0 aliphatic heterocycles. The van der Waals surface area contributed by atoms with E-state index in [4.69, 9.17) is 0 Å². The van der Waals surface area contributed by atoms with Crippen molar-refractivity contribution < 1.29 is 4.39 Å². The molecule has 1 aliphatic rings. The van der Waals surface area contributed by atoms with Crippen LogP contribution < -0.4 is 0 Å². The van der Waals surface area contributed by atoms with Crippen LogP contribution in [0.4, 0.5) is 4.39 Å². The van der Waals surface area contributed by atoms with Crippen molar-refractivity contribution in [2.24, 2.45) is 17.3 Å². The molecule has 84 valence electrons. The van der Waals surface area contributed by atoms with E-state index in [-0.39, 0.29) is 0 Å². The largest absolute Gasteiger partial charge is 0.244 e. The van der Waals surface area contributed by atoms with Crippen LogP contribution in [-0.4, -0.2) is 5.67 Å². The van der Waals surface area contributed by atoms with Gasteiger partial charge in [0.25, 0.3) is 0 Å². The van der Waals surface area contributed by atoms with Crippen LogP contribution >= 0.6 is 0 Å². The van der Waals surface area contributed by atoms with E-state index in [9.17, 15) is 4.39 Å². The molecule has 1 saturated carbocycles. The van der Waals surface area contributed by atoms with Crippen LogP contribution in [-0.2, 0) is 0 Å². The SMILES string of the molecule is CC(C)C1(C(C)C)CCC(C)(F)CC1. The molecule has 0 nitrogen and oxygen atoms in total. The third-order valence-electron chi connectivity index (χ3n) is 4.52. The first-order chi connectivity index (χ1) is 6.30. The zero-order valence-corrected chi connectivity index (χ0v) is 10.4. The van der Waals surface area contributed by atoms with Gasteiger partial charge >= 0.3 is 0 Å². The minimum absolute atomic E-state index is 0.394. The lowest BCUT2D eigenvalue weighted by molar-refractivity contribution is -0.00809. The smallest absolute Gasteiger partial charge is 0.108 e. The van der Waals surface area contributed by atoms with Crippen LogP contribution in [0.5, 0.6) is 0 Å². The highest BCUT2D eigenvalue weighted by Gasteiger charge is 2.44. The first-order valence-electron chi connectivity index (χ1n) is 5.99. The van der Waals surface area contributed by atoms with E-state index in [0.29, 0.717) is 17.3 Å². The fourth-order valence-corrected chi connectivity index (χ4v) is 3.06. The Kier molecular flexibility index (Phi) is 3.28. The van der Waals surface area contributed by atoms with Gasteiger partial charge in [0.2, 0.25) is 0 Å². The molecule has 1 aliphatic carbocycles. The molecular formula is C13H25F. The third-order valence-corrected chi connectivity index (χ3v) is 4.52. The van der Waals surface area contributed by atoms with Crippen molar-refractivity contribution in [3.8, 4) is 0 Å². The second kappa shape index (κ2) is 3.83. The van der Waals surface area contributed by atoms with Crippen LogP contribution in [0.15, 0.2) is 0 Å². The van der Waals surface area contributed by atoms with E-state index in [1.807, 2.05) is 0 Å². The van der Waals surface area contributed by atoms with Gasteiger partial charge in [-0.2, -0.15) is 0 Å². The molecule has 1 fully saturated rings. The minimum atomic E-state index is -0.896. The Bertz CT molecular complexity index is 171. The number of rotatable bonds is 2. The molecular weight excluding hydrogens is 175 g/mol. The van der Waals surface area contributed by atoms with Crippen molar-refractivity contribution in [1.29, 1.82) is 0 Å².